The molecule has 1 aliphatic rings. The Balaban J connectivity index is 1.82. The molecule has 1 fully saturated rings. The van der Waals surface area contributed by atoms with Crippen LogP contribution < -0.4 is 10.6 Å². The highest BCUT2D eigenvalue weighted by molar-refractivity contribution is 9.10. The van der Waals surface area contributed by atoms with Crippen LogP contribution in [0.1, 0.15) is 31.1 Å². The second-order valence-electron chi connectivity index (χ2n) is 4.71. The molecule has 1 amide bonds. The van der Waals surface area contributed by atoms with Gasteiger partial charge in [0.15, 0.2) is 0 Å². The summed E-state index contributed by atoms with van der Waals surface area (Å²) in [5.41, 5.74) is 0. The van der Waals surface area contributed by atoms with Crippen LogP contribution in [0.15, 0.2) is 15.9 Å². The third-order valence-corrected chi connectivity index (χ3v) is 5.45. The summed E-state index contributed by atoms with van der Waals surface area (Å²) in [5.74, 6) is 0.823. The zero-order valence-corrected chi connectivity index (χ0v) is 12.9. The molecule has 0 radical (unpaired) electrons. The summed E-state index contributed by atoms with van der Waals surface area (Å²) in [4.78, 5) is 13.3. The average molecular weight is 331 g/mol. The highest BCUT2D eigenvalue weighted by Crippen LogP contribution is 2.23. The summed E-state index contributed by atoms with van der Waals surface area (Å²) in [6.45, 7) is 3.78. The van der Waals surface area contributed by atoms with Crippen LogP contribution in [0.25, 0.3) is 0 Å². The first-order valence-corrected chi connectivity index (χ1v) is 8.11. The van der Waals surface area contributed by atoms with E-state index >= 15 is 0 Å². The maximum atomic E-state index is 12.1. The number of hydrogen-bond acceptors (Lipinski definition) is 3. The van der Waals surface area contributed by atoms with E-state index in [1.165, 1.54) is 17.7 Å². The number of amides is 1. The lowest BCUT2D eigenvalue weighted by atomic mass is 9.90. The molecule has 0 aliphatic carbocycles. The molecule has 0 saturated carbocycles. The predicted octanol–water partition coefficient (Wildman–Crippen LogP) is 2.91. The standard InChI is InChI=1S/C13H19BrN2OS/c1-2-9-3-5-15-11(7-9)13(17)16-8-12-10(14)4-6-18-12/h4,6,9,11,15H,2-3,5,7-8H2,1H3,(H,16,17). The lowest BCUT2D eigenvalue weighted by Gasteiger charge is -2.28. The highest BCUT2D eigenvalue weighted by Gasteiger charge is 2.25. The topological polar surface area (TPSA) is 41.1 Å². The van der Waals surface area contributed by atoms with Crippen molar-refractivity contribution in [3.63, 3.8) is 0 Å². The van der Waals surface area contributed by atoms with Crippen LogP contribution >= 0.6 is 27.3 Å². The fourth-order valence-electron chi connectivity index (χ4n) is 2.31. The summed E-state index contributed by atoms with van der Waals surface area (Å²) in [6, 6.07) is 2.00. The molecule has 0 bridgehead atoms. The van der Waals surface area contributed by atoms with E-state index in [1.54, 1.807) is 11.3 Å². The zero-order valence-electron chi connectivity index (χ0n) is 10.5. The molecule has 2 unspecified atom stereocenters. The fourth-order valence-corrected chi connectivity index (χ4v) is 3.74. The summed E-state index contributed by atoms with van der Waals surface area (Å²) >= 11 is 5.14. The van der Waals surface area contributed by atoms with Gasteiger partial charge in [-0.2, -0.15) is 0 Å². The molecule has 5 heteroatoms. The van der Waals surface area contributed by atoms with Crippen LogP contribution in [0.5, 0.6) is 0 Å². The van der Waals surface area contributed by atoms with Crippen molar-refractivity contribution in [1.82, 2.24) is 10.6 Å². The van der Waals surface area contributed by atoms with Gasteiger partial charge in [0, 0.05) is 9.35 Å². The van der Waals surface area contributed by atoms with E-state index in [-0.39, 0.29) is 11.9 Å². The quantitative estimate of drug-likeness (QED) is 0.891. The number of nitrogens with one attached hydrogen (secondary N) is 2. The number of rotatable bonds is 4. The maximum absolute atomic E-state index is 12.1. The molecule has 1 aliphatic heterocycles. The van der Waals surface area contributed by atoms with Gasteiger partial charge < -0.3 is 10.6 Å². The van der Waals surface area contributed by atoms with Crippen molar-refractivity contribution >= 4 is 33.2 Å². The molecule has 1 aromatic heterocycles. The first-order chi connectivity index (χ1) is 8.70. The monoisotopic (exact) mass is 330 g/mol. The predicted molar refractivity (Wildman–Crippen MR) is 78.7 cm³/mol. The third kappa shape index (κ3) is 3.56. The van der Waals surface area contributed by atoms with Gasteiger partial charge in [0.2, 0.25) is 5.91 Å². The zero-order chi connectivity index (χ0) is 13.0. The summed E-state index contributed by atoms with van der Waals surface area (Å²) in [6.07, 6.45) is 3.33. The van der Waals surface area contributed by atoms with Crippen molar-refractivity contribution in [2.75, 3.05) is 6.54 Å². The average Bonchev–Trinajstić information content (AvgIpc) is 2.81. The number of carbonyl (C=O) groups is 1. The van der Waals surface area contributed by atoms with Crippen molar-refractivity contribution in [3.8, 4) is 0 Å². The molecule has 0 spiro atoms. The fraction of sp³-hybridized carbons (Fsp3) is 0.615. The molecule has 1 aromatic rings. The van der Waals surface area contributed by atoms with Gasteiger partial charge in [-0.15, -0.1) is 11.3 Å². The summed E-state index contributed by atoms with van der Waals surface area (Å²) in [7, 11) is 0. The van der Waals surface area contributed by atoms with Gasteiger partial charge in [-0.25, -0.2) is 0 Å². The second-order valence-corrected chi connectivity index (χ2v) is 6.57. The summed E-state index contributed by atoms with van der Waals surface area (Å²) in [5, 5.41) is 8.35. The van der Waals surface area contributed by atoms with E-state index in [0.29, 0.717) is 12.5 Å². The van der Waals surface area contributed by atoms with Crippen LogP contribution in [-0.2, 0) is 11.3 Å². The van der Waals surface area contributed by atoms with Crippen LogP contribution in [-0.4, -0.2) is 18.5 Å². The largest absolute Gasteiger partial charge is 0.350 e. The molecule has 2 rings (SSSR count). The van der Waals surface area contributed by atoms with Gasteiger partial charge in [0.05, 0.1) is 12.6 Å². The van der Waals surface area contributed by atoms with Crippen molar-refractivity contribution in [3.05, 3.63) is 20.8 Å². The number of piperidine rings is 1. The maximum Gasteiger partial charge on any atom is 0.237 e. The minimum absolute atomic E-state index is 0.0116. The Morgan fingerprint density at radius 2 is 2.50 bits per heavy atom. The van der Waals surface area contributed by atoms with Crippen LogP contribution in [0.4, 0.5) is 0 Å². The van der Waals surface area contributed by atoms with Crippen LogP contribution in [0.3, 0.4) is 0 Å². The van der Waals surface area contributed by atoms with Crippen molar-refractivity contribution in [1.29, 1.82) is 0 Å². The molecule has 2 heterocycles. The molecular formula is C13H19BrN2OS. The molecule has 0 aromatic carbocycles. The molecule has 100 valence electrons. The van der Waals surface area contributed by atoms with Gasteiger partial charge in [0.25, 0.3) is 0 Å². The smallest absolute Gasteiger partial charge is 0.237 e. The summed E-state index contributed by atoms with van der Waals surface area (Å²) < 4.78 is 1.08. The highest BCUT2D eigenvalue weighted by atomic mass is 79.9. The Labute approximate surface area is 120 Å². The normalized spacial score (nSPS) is 23.9. The number of halogens is 1. The van der Waals surface area contributed by atoms with Gasteiger partial charge in [-0.3, -0.25) is 4.79 Å². The lowest BCUT2D eigenvalue weighted by Crippen LogP contribution is -2.48. The Morgan fingerprint density at radius 3 is 3.17 bits per heavy atom. The van der Waals surface area contributed by atoms with Crippen molar-refractivity contribution in [2.45, 2.75) is 38.8 Å². The van der Waals surface area contributed by atoms with Crippen LogP contribution in [0.2, 0.25) is 0 Å². The Hall–Kier alpha value is -0.390. The molecule has 2 N–H and O–H groups in total. The SMILES string of the molecule is CCC1CCNC(C(=O)NCc2sccc2Br)C1. The molecule has 3 nitrogen and oxygen atoms in total. The molecular weight excluding hydrogens is 312 g/mol. The Morgan fingerprint density at radius 1 is 1.67 bits per heavy atom. The first kappa shape index (κ1) is 14.0. The van der Waals surface area contributed by atoms with Crippen molar-refractivity contribution < 1.29 is 4.79 Å². The van der Waals surface area contributed by atoms with E-state index in [2.05, 4.69) is 33.5 Å². The molecule has 18 heavy (non-hydrogen) atoms. The van der Waals surface area contributed by atoms with Gasteiger partial charge in [-0.1, -0.05) is 13.3 Å². The van der Waals surface area contributed by atoms with E-state index in [0.717, 1.165) is 17.4 Å². The van der Waals surface area contributed by atoms with Gasteiger partial charge >= 0.3 is 0 Å². The van der Waals surface area contributed by atoms with E-state index < -0.39 is 0 Å². The minimum Gasteiger partial charge on any atom is -0.350 e. The number of carbonyl (C=O) groups excluding carboxylic acids is 1. The van der Waals surface area contributed by atoms with E-state index in [1.807, 2.05) is 11.4 Å². The second kappa shape index (κ2) is 6.68. The molecule has 1 saturated heterocycles. The Bertz CT molecular complexity index is 407. The van der Waals surface area contributed by atoms with Crippen molar-refractivity contribution in [2.24, 2.45) is 5.92 Å². The third-order valence-electron chi connectivity index (χ3n) is 3.52. The number of hydrogen-bond donors (Lipinski definition) is 2. The Kier molecular flexibility index (Phi) is 5.21. The first-order valence-electron chi connectivity index (χ1n) is 6.43. The van der Waals surface area contributed by atoms with Gasteiger partial charge in [0.1, 0.15) is 0 Å². The van der Waals surface area contributed by atoms with Gasteiger partial charge in [-0.05, 0) is 52.7 Å². The number of thiophene rings is 1. The molecule has 2 atom stereocenters. The lowest BCUT2D eigenvalue weighted by molar-refractivity contribution is -0.124. The van der Waals surface area contributed by atoms with Crippen LogP contribution in [0, 0.1) is 5.92 Å². The van der Waals surface area contributed by atoms with E-state index in [9.17, 15) is 4.79 Å². The minimum atomic E-state index is -0.0116. The van der Waals surface area contributed by atoms with E-state index in [4.69, 9.17) is 0 Å².